The maximum Gasteiger partial charge on any atom is 0.207 e. The fourth-order valence-corrected chi connectivity index (χ4v) is 0.459. The molecule has 0 aliphatic rings. The third kappa shape index (κ3) is 7.39. The van der Waals surface area contributed by atoms with Crippen LogP contribution in [-0.4, -0.2) is 37.9 Å². The molecule has 0 aliphatic carbocycles. The molecule has 0 aromatic carbocycles. The van der Waals surface area contributed by atoms with Gasteiger partial charge in [-0.2, -0.15) is 0 Å². The minimum absolute atomic E-state index is 0.154. The van der Waals surface area contributed by atoms with Crippen molar-refractivity contribution in [2.24, 2.45) is 0 Å². The molecule has 0 heterocycles. The first-order chi connectivity index (χ1) is 4.91. The van der Waals surface area contributed by atoms with E-state index in [1.165, 1.54) is 0 Å². The molecule has 0 saturated heterocycles. The Kier molecular flexibility index (Phi) is 7.88. The summed E-state index contributed by atoms with van der Waals surface area (Å²) in [4.78, 5) is 9.69. The summed E-state index contributed by atoms with van der Waals surface area (Å²) in [6.45, 7) is 1.76. The lowest BCUT2D eigenvalue weighted by Gasteiger charge is -2.00. The Bertz CT molecular complexity index is 77.4. The number of nitrogens with one attached hydrogen (secondary N) is 1. The van der Waals surface area contributed by atoms with Crippen LogP contribution in [0.1, 0.15) is 6.42 Å². The van der Waals surface area contributed by atoms with E-state index in [0.717, 1.165) is 0 Å². The molecule has 0 aromatic rings. The molecule has 0 aliphatic heterocycles. The maximum absolute atomic E-state index is 9.69. The van der Waals surface area contributed by atoms with E-state index in [0.29, 0.717) is 32.6 Å². The number of carbonyl (C=O) groups excluding carboxylic acids is 1. The van der Waals surface area contributed by atoms with Crippen molar-refractivity contribution in [3.05, 3.63) is 0 Å². The normalized spacial score (nSPS) is 9.30. The van der Waals surface area contributed by atoms with Crippen LogP contribution in [0.4, 0.5) is 0 Å². The van der Waals surface area contributed by atoms with Crippen LogP contribution in [0.15, 0.2) is 0 Å². The van der Waals surface area contributed by atoms with Gasteiger partial charge in [0.25, 0.3) is 0 Å². The maximum atomic E-state index is 9.69. The summed E-state index contributed by atoms with van der Waals surface area (Å²) < 4.78 is 4.99. The highest BCUT2D eigenvalue weighted by atomic mass is 16.5. The summed E-state index contributed by atoms with van der Waals surface area (Å²) in [6, 6.07) is 0. The molecule has 2 N–H and O–H groups in total. The average Bonchev–Trinajstić information content (AvgIpc) is 1.97. The van der Waals surface area contributed by atoms with Crippen LogP contribution in [0.25, 0.3) is 0 Å². The predicted molar refractivity (Wildman–Crippen MR) is 36.6 cm³/mol. The van der Waals surface area contributed by atoms with Crippen molar-refractivity contribution in [2.75, 3.05) is 26.4 Å². The highest BCUT2D eigenvalue weighted by Gasteiger charge is 1.85. The fourth-order valence-electron chi connectivity index (χ4n) is 0.459. The zero-order valence-corrected chi connectivity index (χ0v) is 5.88. The van der Waals surface area contributed by atoms with Gasteiger partial charge in [-0.05, 0) is 6.42 Å². The summed E-state index contributed by atoms with van der Waals surface area (Å²) in [6.07, 6.45) is 1.29. The quantitative estimate of drug-likeness (QED) is 0.363. The van der Waals surface area contributed by atoms with Gasteiger partial charge in [-0.25, -0.2) is 0 Å². The predicted octanol–water partition coefficient (Wildman–Crippen LogP) is -0.869. The largest absolute Gasteiger partial charge is 0.396 e. The minimum atomic E-state index is 0.154. The lowest BCUT2D eigenvalue weighted by Crippen LogP contribution is -2.17. The van der Waals surface area contributed by atoms with E-state index in [2.05, 4.69) is 5.32 Å². The van der Waals surface area contributed by atoms with Gasteiger partial charge in [0.15, 0.2) is 0 Å². The van der Waals surface area contributed by atoms with Crippen LogP contribution in [0.5, 0.6) is 0 Å². The van der Waals surface area contributed by atoms with Crippen LogP contribution < -0.4 is 5.32 Å². The molecule has 4 heteroatoms. The van der Waals surface area contributed by atoms with Crippen molar-refractivity contribution < 1.29 is 14.6 Å². The second kappa shape index (κ2) is 8.39. The molecule has 60 valence electrons. The van der Waals surface area contributed by atoms with E-state index >= 15 is 0 Å². The first kappa shape index (κ1) is 9.39. The highest BCUT2D eigenvalue weighted by molar-refractivity contribution is 5.45. The minimum Gasteiger partial charge on any atom is -0.396 e. The Morgan fingerprint density at radius 3 is 2.90 bits per heavy atom. The number of hydrogen-bond acceptors (Lipinski definition) is 3. The third-order valence-electron chi connectivity index (χ3n) is 0.921. The van der Waals surface area contributed by atoms with Crippen molar-refractivity contribution in [1.82, 2.24) is 5.32 Å². The summed E-state index contributed by atoms with van der Waals surface area (Å²) in [5, 5.41) is 10.8. The van der Waals surface area contributed by atoms with Crippen molar-refractivity contribution in [2.45, 2.75) is 6.42 Å². The number of rotatable bonds is 7. The van der Waals surface area contributed by atoms with E-state index in [1.807, 2.05) is 0 Å². The lowest BCUT2D eigenvalue weighted by molar-refractivity contribution is -0.109. The molecule has 0 aromatic heterocycles. The molecule has 0 spiro atoms. The van der Waals surface area contributed by atoms with Crippen molar-refractivity contribution in [3.63, 3.8) is 0 Å². The van der Waals surface area contributed by atoms with Gasteiger partial charge in [0.2, 0.25) is 6.41 Å². The fraction of sp³-hybridized carbons (Fsp3) is 0.833. The Labute approximate surface area is 60.2 Å². The second-order valence-electron chi connectivity index (χ2n) is 1.76. The van der Waals surface area contributed by atoms with E-state index in [4.69, 9.17) is 9.84 Å². The van der Waals surface area contributed by atoms with Crippen molar-refractivity contribution in [1.29, 1.82) is 0 Å². The standard InChI is InChI=1S/C6H13NO3/c8-3-1-4-10-5-2-7-6-9/h6,8H,1-5H2,(H,7,9). The molecule has 0 unspecified atom stereocenters. The zero-order valence-electron chi connectivity index (χ0n) is 5.88. The van der Waals surface area contributed by atoms with Crippen molar-refractivity contribution >= 4 is 6.41 Å². The molecule has 10 heavy (non-hydrogen) atoms. The Balaban J connectivity index is 2.70. The summed E-state index contributed by atoms with van der Waals surface area (Å²) >= 11 is 0. The molecule has 4 nitrogen and oxygen atoms in total. The summed E-state index contributed by atoms with van der Waals surface area (Å²) in [7, 11) is 0. The number of ether oxygens (including phenoxy) is 1. The monoisotopic (exact) mass is 147 g/mol. The number of amides is 1. The molecule has 0 fully saturated rings. The molecular formula is C6H13NO3. The summed E-state index contributed by atoms with van der Waals surface area (Å²) in [5.41, 5.74) is 0. The molecule has 1 amide bonds. The van der Waals surface area contributed by atoms with Gasteiger partial charge >= 0.3 is 0 Å². The van der Waals surface area contributed by atoms with E-state index in [-0.39, 0.29) is 6.61 Å². The highest BCUT2D eigenvalue weighted by Crippen LogP contribution is 1.78. The van der Waals surface area contributed by atoms with E-state index in [1.54, 1.807) is 0 Å². The summed E-state index contributed by atoms with van der Waals surface area (Å²) in [5.74, 6) is 0. The van der Waals surface area contributed by atoms with Crippen LogP contribution in [0.2, 0.25) is 0 Å². The van der Waals surface area contributed by atoms with Gasteiger partial charge in [-0.1, -0.05) is 0 Å². The molecule has 0 rings (SSSR count). The molecule has 0 bridgehead atoms. The van der Waals surface area contributed by atoms with E-state index < -0.39 is 0 Å². The number of aliphatic hydroxyl groups excluding tert-OH is 1. The van der Waals surface area contributed by atoms with Crippen LogP contribution in [0, 0.1) is 0 Å². The van der Waals surface area contributed by atoms with Crippen LogP contribution in [0.3, 0.4) is 0 Å². The van der Waals surface area contributed by atoms with Gasteiger partial charge in [0, 0.05) is 19.8 Å². The number of carbonyl (C=O) groups is 1. The lowest BCUT2D eigenvalue weighted by atomic mass is 10.5. The van der Waals surface area contributed by atoms with E-state index in [9.17, 15) is 4.79 Å². The van der Waals surface area contributed by atoms with Gasteiger partial charge in [-0.15, -0.1) is 0 Å². The Morgan fingerprint density at radius 2 is 2.30 bits per heavy atom. The Hall–Kier alpha value is -0.610. The average molecular weight is 147 g/mol. The molecule has 0 saturated carbocycles. The Morgan fingerprint density at radius 1 is 1.50 bits per heavy atom. The third-order valence-corrected chi connectivity index (χ3v) is 0.921. The second-order valence-corrected chi connectivity index (χ2v) is 1.76. The smallest absolute Gasteiger partial charge is 0.207 e. The molecule has 0 radical (unpaired) electrons. The molecule has 0 atom stereocenters. The van der Waals surface area contributed by atoms with Gasteiger partial charge in [-0.3, -0.25) is 4.79 Å². The van der Waals surface area contributed by atoms with Crippen LogP contribution in [-0.2, 0) is 9.53 Å². The van der Waals surface area contributed by atoms with Crippen molar-refractivity contribution in [3.8, 4) is 0 Å². The topological polar surface area (TPSA) is 58.6 Å². The number of hydrogen-bond donors (Lipinski definition) is 2. The number of aliphatic hydroxyl groups is 1. The van der Waals surface area contributed by atoms with Crippen LogP contribution >= 0.6 is 0 Å². The first-order valence-corrected chi connectivity index (χ1v) is 3.27. The van der Waals surface area contributed by atoms with Gasteiger partial charge in [0.05, 0.1) is 6.61 Å². The van der Waals surface area contributed by atoms with Gasteiger partial charge in [0.1, 0.15) is 0 Å². The SMILES string of the molecule is O=CNCCOCCCO. The molecular weight excluding hydrogens is 134 g/mol. The zero-order chi connectivity index (χ0) is 7.66. The van der Waals surface area contributed by atoms with Gasteiger partial charge < -0.3 is 15.2 Å². The first-order valence-electron chi connectivity index (χ1n) is 3.27.